The molecule has 0 spiro atoms. The van der Waals surface area contributed by atoms with Crippen LogP contribution in [0.4, 0.5) is 16.3 Å². The minimum absolute atomic E-state index is 0.213. The fraction of sp³-hybridized carbons (Fsp3) is 0.312. The quantitative estimate of drug-likeness (QED) is 0.872. The van der Waals surface area contributed by atoms with Crippen molar-refractivity contribution < 1.29 is 9.59 Å². The van der Waals surface area contributed by atoms with Gasteiger partial charge in [-0.1, -0.05) is 18.5 Å². The van der Waals surface area contributed by atoms with Gasteiger partial charge >= 0.3 is 6.03 Å². The molecule has 2 aromatic rings. The highest BCUT2D eigenvalue weighted by molar-refractivity contribution is 6.34. The summed E-state index contributed by atoms with van der Waals surface area (Å²) in [7, 11) is 0. The summed E-state index contributed by atoms with van der Waals surface area (Å²) < 4.78 is 1.74. The van der Waals surface area contributed by atoms with Crippen LogP contribution < -0.4 is 15.5 Å². The summed E-state index contributed by atoms with van der Waals surface area (Å²) in [4.78, 5) is 25.9. The van der Waals surface area contributed by atoms with Crippen LogP contribution in [0.25, 0.3) is 0 Å². The number of hydrogen-bond donors (Lipinski definition) is 2. The van der Waals surface area contributed by atoms with E-state index < -0.39 is 0 Å². The van der Waals surface area contributed by atoms with Crippen LogP contribution in [0, 0.1) is 0 Å². The zero-order chi connectivity index (χ0) is 17.1. The second kappa shape index (κ2) is 6.92. The molecule has 0 bridgehead atoms. The highest BCUT2D eigenvalue weighted by Crippen LogP contribution is 2.28. The third-order valence-corrected chi connectivity index (χ3v) is 4.07. The van der Waals surface area contributed by atoms with E-state index in [4.69, 9.17) is 11.6 Å². The van der Waals surface area contributed by atoms with Crippen LogP contribution in [0.2, 0.25) is 5.02 Å². The van der Waals surface area contributed by atoms with E-state index in [0.29, 0.717) is 35.2 Å². The fourth-order valence-corrected chi connectivity index (χ4v) is 2.80. The zero-order valence-corrected chi connectivity index (χ0v) is 14.0. The number of amides is 3. The number of rotatable bonds is 5. The third-order valence-electron chi connectivity index (χ3n) is 3.75. The summed E-state index contributed by atoms with van der Waals surface area (Å²) in [5, 5.41) is 10.2. The van der Waals surface area contributed by atoms with Gasteiger partial charge < -0.3 is 10.6 Å². The molecule has 2 heterocycles. The van der Waals surface area contributed by atoms with Gasteiger partial charge in [0.15, 0.2) is 0 Å². The Kier molecular flexibility index (Phi) is 4.71. The molecule has 1 aromatic heterocycles. The van der Waals surface area contributed by atoms with Crippen molar-refractivity contribution in [2.75, 3.05) is 23.3 Å². The molecule has 0 unspecified atom stereocenters. The summed E-state index contributed by atoms with van der Waals surface area (Å²) >= 11 is 6.19. The van der Waals surface area contributed by atoms with Gasteiger partial charge in [-0.25, -0.2) is 9.48 Å². The molecule has 2 N–H and O–H groups in total. The van der Waals surface area contributed by atoms with E-state index >= 15 is 0 Å². The number of hydrogen-bond acceptors (Lipinski definition) is 3. The van der Waals surface area contributed by atoms with Crippen molar-refractivity contribution in [2.45, 2.75) is 19.9 Å². The van der Waals surface area contributed by atoms with Gasteiger partial charge in [-0.3, -0.25) is 9.69 Å². The van der Waals surface area contributed by atoms with Crippen LogP contribution >= 0.6 is 11.6 Å². The van der Waals surface area contributed by atoms with Gasteiger partial charge in [0.05, 0.1) is 16.9 Å². The molecule has 8 heteroatoms. The average molecular weight is 348 g/mol. The number of halogens is 1. The molecule has 0 radical (unpaired) electrons. The minimum Gasteiger partial charge on any atom is -0.336 e. The number of aryl methyl sites for hydroxylation is 1. The number of urea groups is 1. The van der Waals surface area contributed by atoms with Crippen molar-refractivity contribution in [3.8, 4) is 0 Å². The summed E-state index contributed by atoms with van der Waals surface area (Å²) in [6.45, 7) is 3.84. The highest BCUT2D eigenvalue weighted by atomic mass is 35.5. The van der Waals surface area contributed by atoms with Crippen molar-refractivity contribution in [1.82, 2.24) is 15.1 Å². The van der Waals surface area contributed by atoms with Crippen molar-refractivity contribution >= 4 is 35.0 Å². The predicted octanol–water partition coefficient (Wildman–Crippen LogP) is 2.73. The molecular formula is C16H18ClN5O2. The molecule has 1 aromatic carbocycles. The number of aromatic nitrogens is 2. The van der Waals surface area contributed by atoms with Gasteiger partial charge in [0.25, 0.3) is 5.91 Å². The number of nitrogens with one attached hydrogen (secondary N) is 2. The number of carbonyl (C=O) groups is 2. The number of benzene rings is 1. The SMILES string of the molecule is CCCn1nccc1NC(=O)c1ccc(Cl)c(N2CCNC2=O)c1. The van der Waals surface area contributed by atoms with Gasteiger partial charge in [0.2, 0.25) is 0 Å². The van der Waals surface area contributed by atoms with Gasteiger partial charge in [-0.15, -0.1) is 0 Å². The molecular weight excluding hydrogens is 330 g/mol. The Hall–Kier alpha value is -2.54. The fourth-order valence-electron chi connectivity index (χ4n) is 2.58. The first-order valence-corrected chi connectivity index (χ1v) is 8.16. The first-order chi connectivity index (χ1) is 11.6. The molecule has 1 fully saturated rings. The first kappa shape index (κ1) is 16.3. The zero-order valence-electron chi connectivity index (χ0n) is 13.3. The van der Waals surface area contributed by atoms with Gasteiger partial charge in [0.1, 0.15) is 5.82 Å². The number of nitrogens with zero attached hydrogens (tertiary/aromatic N) is 3. The van der Waals surface area contributed by atoms with E-state index in [-0.39, 0.29) is 11.9 Å². The topological polar surface area (TPSA) is 79.3 Å². The van der Waals surface area contributed by atoms with Gasteiger partial charge in [0, 0.05) is 31.3 Å². The van der Waals surface area contributed by atoms with Crippen LogP contribution in [0.5, 0.6) is 0 Å². The lowest BCUT2D eigenvalue weighted by Gasteiger charge is -2.17. The monoisotopic (exact) mass is 347 g/mol. The normalized spacial score (nSPS) is 13.9. The Bertz CT molecular complexity index is 774. The van der Waals surface area contributed by atoms with Crippen molar-refractivity contribution in [2.24, 2.45) is 0 Å². The summed E-state index contributed by atoms with van der Waals surface area (Å²) in [6, 6.07) is 6.42. The smallest absolute Gasteiger partial charge is 0.322 e. The molecule has 7 nitrogen and oxygen atoms in total. The highest BCUT2D eigenvalue weighted by Gasteiger charge is 2.24. The van der Waals surface area contributed by atoms with E-state index in [1.807, 2.05) is 6.92 Å². The lowest BCUT2D eigenvalue weighted by Crippen LogP contribution is -2.28. The predicted molar refractivity (Wildman–Crippen MR) is 92.7 cm³/mol. The Morgan fingerprint density at radius 2 is 2.25 bits per heavy atom. The lowest BCUT2D eigenvalue weighted by atomic mass is 10.1. The Balaban J connectivity index is 1.82. The van der Waals surface area contributed by atoms with Crippen LogP contribution in [0.1, 0.15) is 23.7 Å². The van der Waals surface area contributed by atoms with Crippen molar-refractivity contribution in [3.05, 3.63) is 41.0 Å². The standard InChI is InChI=1S/C16H18ClN5O2/c1-2-8-22-14(5-6-19-22)20-15(23)11-3-4-12(17)13(10-11)21-9-7-18-16(21)24/h3-6,10H,2,7-9H2,1H3,(H,18,24)(H,20,23). The second-order valence-corrected chi connectivity index (χ2v) is 5.85. The second-order valence-electron chi connectivity index (χ2n) is 5.44. The maximum absolute atomic E-state index is 12.5. The molecule has 1 aliphatic heterocycles. The molecule has 126 valence electrons. The van der Waals surface area contributed by atoms with E-state index in [1.165, 1.54) is 4.90 Å². The molecule has 0 atom stereocenters. The maximum Gasteiger partial charge on any atom is 0.322 e. The van der Waals surface area contributed by atoms with Crippen LogP contribution in [-0.4, -0.2) is 34.8 Å². The Morgan fingerprint density at radius 3 is 2.96 bits per heavy atom. The van der Waals surface area contributed by atoms with Crippen LogP contribution in [0.3, 0.4) is 0 Å². The molecule has 1 aliphatic rings. The van der Waals surface area contributed by atoms with E-state index in [2.05, 4.69) is 15.7 Å². The van der Waals surface area contributed by atoms with E-state index in [0.717, 1.165) is 13.0 Å². The average Bonchev–Trinajstić information content (AvgIpc) is 3.17. The van der Waals surface area contributed by atoms with Gasteiger partial charge in [-0.2, -0.15) is 5.10 Å². The molecule has 0 aliphatic carbocycles. The molecule has 24 heavy (non-hydrogen) atoms. The Labute approximate surface area is 144 Å². The Morgan fingerprint density at radius 1 is 1.42 bits per heavy atom. The van der Waals surface area contributed by atoms with Crippen LogP contribution in [-0.2, 0) is 6.54 Å². The third kappa shape index (κ3) is 3.21. The lowest BCUT2D eigenvalue weighted by molar-refractivity contribution is 0.102. The summed E-state index contributed by atoms with van der Waals surface area (Å²) in [6.07, 6.45) is 2.56. The number of anilines is 2. The first-order valence-electron chi connectivity index (χ1n) is 7.78. The van der Waals surface area contributed by atoms with Crippen LogP contribution in [0.15, 0.2) is 30.5 Å². The number of carbonyl (C=O) groups excluding carboxylic acids is 2. The van der Waals surface area contributed by atoms with E-state index in [1.54, 1.807) is 35.1 Å². The largest absolute Gasteiger partial charge is 0.336 e. The molecule has 3 amide bonds. The molecule has 0 saturated carbocycles. The minimum atomic E-state index is -0.273. The summed E-state index contributed by atoms with van der Waals surface area (Å²) in [5.74, 6) is 0.364. The summed E-state index contributed by atoms with van der Waals surface area (Å²) in [5.41, 5.74) is 0.958. The van der Waals surface area contributed by atoms with Gasteiger partial charge in [-0.05, 0) is 24.6 Å². The van der Waals surface area contributed by atoms with Crippen molar-refractivity contribution in [1.29, 1.82) is 0 Å². The van der Waals surface area contributed by atoms with E-state index in [9.17, 15) is 9.59 Å². The van der Waals surface area contributed by atoms with Crippen molar-refractivity contribution in [3.63, 3.8) is 0 Å². The molecule has 1 saturated heterocycles. The maximum atomic E-state index is 12.5. The molecule has 3 rings (SSSR count).